The second kappa shape index (κ2) is 11.6. The normalized spacial score (nSPS) is 11.3. The van der Waals surface area contributed by atoms with Crippen LogP contribution in [0, 0.1) is 0 Å². The Labute approximate surface area is 244 Å². The van der Waals surface area contributed by atoms with Crippen LogP contribution in [-0.2, 0) is 6.61 Å². The van der Waals surface area contributed by atoms with Gasteiger partial charge in [-0.3, -0.25) is 4.79 Å². The average molecular weight is 698 g/mol. The third-order valence-electron chi connectivity index (χ3n) is 5.75. The molecule has 1 aromatic heterocycles. The van der Waals surface area contributed by atoms with Gasteiger partial charge in [0, 0.05) is 30.1 Å². The molecule has 0 N–H and O–H groups in total. The number of aromatic nitrogens is 2. The second-order valence-electron chi connectivity index (χ2n) is 8.23. The Kier molecular flexibility index (Phi) is 8.06. The SMILES string of the molecule is COc1cc(Br)cc(C=Nn2c(-c3ccccc3)nc3ccccc3c2=O)c1OCc1ccc(Br)cc1Br. The number of hydrogen-bond donors (Lipinski definition) is 0. The van der Waals surface area contributed by atoms with E-state index in [1.54, 1.807) is 19.4 Å². The van der Waals surface area contributed by atoms with E-state index in [9.17, 15) is 4.79 Å². The number of halogens is 3. The van der Waals surface area contributed by atoms with Crippen LogP contribution in [0.15, 0.2) is 108 Å². The number of ether oxygens (including phenoxy) is 2. The summed E-state index contributed by atoms with van der Waals surface area (Å²) in [5.41, 5.74) is 2.70. The fourth-order valence-electron chi connectivity index (χ4n) is 3.90. The molecule has 0 amide bonds. The molecule has 0 bridgehead atoms. The maximum Gasteiger partial charge on any atom is 0.282 e. The predicted octanol–water partition coefficient (Wildman–Crippen LogP) is 7.82. The number of benzene rings is 4. The van der Waals surface area contributed by atoms with Crippen LogP contribution in [0.4, 0.5) is 0 Å². The van der Waals surface area contributed by atoms with Crippen LogP contribution in [0.3, 0.4) is 0 Å². The highest BCUT2D eigenvalue weighted by molar-refractivity contribution is 9.11. The van der Waals surface area contributed by atoms with Gasteiger partial charge in [-0.1, -0.05) is 96.3 Å². The van der Waals surface area contributed by atoms with Gasteiger partial charge in [0.15, 0.2) is 17.3 Å². The highest BCUT2D eigenvalue weighted by Gasteiger charge is 2.15. The third-order valence-corrected chi connectivity index (χ3v) is 7.44. The van der Waals surface area contributed by atoms with Crippen LogP contribution in [0.2, 0.25) is 0 Å². The lowest BCUT2D eigenvalue weighted by Crippen LogP contribution is -2.20. The molecule has 0 saturated heterocycles. The minimum absolute atomic E-state index is 0.270. The Morgan fingerprint density at radius 3 is 2.45 bits per heavy atom. The van der Waals surface area contributed by atoms with E-state index in [1.165, 1.54) is 4.68 Å². The molecule has 4 aromatic carbocycles. The summed E-state index contributed by atoms with van der Waals surface area (Å²) in [5.74, 6) is 1.47. The van der Waals surface area contributed by atoms with Gasteiger partial charge < -0.3 is 9.47 Å². The molecule has 190 valence electrons. The largest absolute Gasteiger partial charge is 0.493 e. The summed E-state index contributed by atoms with van der Waals surface area (Å²) < 4.78 is 15.8. The van der Waals surface area contributed by atoms with Crippen LogP contribution in [0.5, 0.6) is 11.5 Å². The Morgan fingerprint density at radius 1 is 0.921 bits per heavy atom. The number of hydrogen-bond acceptors (Lipinski definition) is 5. The van der Waals surface area contributed by atoms with E-state index in [0.29, 0.717) is 40.4 Å². The van der Waals surface area contributed by atoms with Gasteiger partial charge in [-0.25, -0.2) is 4.98 Å². The van der Waals surface area contributed by atoms with Crippen molar-refractivity contribution in [2.75, 3.05) is 7.11 Å². The summed E-state index contributed by atoms with van der Waals surface area (Å²) in [6, 6.07) is 26.3. The van der Waals surface area contributed by atoms with Gasteiger partial charge in [0.2, 0.25) is 0 Å². The van der Waals surface area contributed by atoms with Crippen molar-refractivity contribution < 1.29 is 9.47 Å². The van der Waals surface area contributed by atoms with E-state index in [0.717, 1.165) is 24.5 Å². The molecule has 5 rings (SSSR count). The van der Waals surface area contributed by atoms with Crippen LogP contribution in [-0.4, -0.2) is 23.0 Å². The van der Waals surface area contributed by atoms with Gasteiger partial charge in [0.05, 0.1) is 24.2 Å². The first-order chi connectivity index (χ1) is 18.4. The first-order valence-corrected chi connectivity index (χ1v) is 13.9. The maximum absolute atomic E-state index is 13.5. The minimum atomic E-state index is -0.270. The van der Waals surface area contributed by atoms with Gasteiger partial charge in [-0.2, -0.15) is 9.78 Å². The Hall–Kier alpha value is -3.27. The number of rotatable bonds is 7. The average Bonchev–Trinajstić information content (AvgIpc) is 2.93. The lowest BCUT2D eigenvalue weighted by Gasteiger charge is -2.15. The minimum Gasteiger partial charge on any atom is -0.493 e. The van der Waals surface area contributed by atoms with Gasteiger partial charge in [-0.15, -0.1) is 0 Å². The Bertz CT molecular complexity index is 1720. The summed E-state index contributed by atoms with van der Waals surface area (Å²) in [5, 5.41) is 5.09. The van der Waals surface area contributed by atoms with Crippen molar-refractivity contribution in [3.8, 4) is 22.9 Å². The molecule has 38 heavy (non-hydrogen) atoms. The molecule has 0 radical (unpaired) electrons. The standard InChI is InChI=1S/C29H20Br3N3O3/c1-37-26-15-22(31)13-20(27(26)38-17-19-11-12-21(30)14-24(19)32)16-33-35-28(18-7-3-2-4-8-18)34-25-10-6-5-9-23(25)29(35)36/h2-16H,17H2,1H3. The van der Waals surface area contributed by atoms with Crippen molar-refractivity contribution in [3.63, 3.8) is 0 Å². The zero-order valence-corrected chi connectivity index (χ0v) is 24.8. The van der Waals surface area contributed by atoms with E-state index >= 15 is 0 Å². The molecule has 0 aliphatic heterocycles. The summed E-state index contributed by atoms with van der Waals surface area (Å²) in [6.07, 6.45) is 1.59. The highest BCUT2D eigenvalue weighted by atomic mass is 79.9. The summed E-state index contributed by atoms with van der Waals surface area (Å²) in [6.45, 7) is 0.291. The molecule has 0 unspecified atom stereocenters. The summed E-state index contributed by atoms with van der Waals surface area (Å²) in [4.78, 5) is 18.3. The number of methoxy groups -OCH3 is 1. The zero-order chi connectivity index (χ0) is 26.6. The third kappa shape index (κ3) is 5.60. The smallest absolute Gasteiger partial charge is 0.282 e. The highest BCUT2D eigenvalue weighted by Crippen LogP contribution is 2.35. The molecular formula is C29H20Br3N3O3. The molecule has 0 aliphatic carbocycles. The number of nitrogens with zero attached hydrogens (tertiary/aromatic N) is 3. The molecule has 0 fully saturated rings. The lowest BCUT2D eigenvalue weighted by molar-refractivity contribution is 0.283. The van der Waals surface area contributed by atoms with E-state index in [4.69, 9.17) is 14.5 Å². The first kappa shape index (κ1) is 26.3. The van der Waals surface area contributed by atoms with Crippen LogP contribution >= 0.6 is 47.8 Å². The molecule has 0 atom stereocenters. The lowest BCUT2D eigenvalue weighted by atomic mass is 10.2. The molecule has 5 aromatic rings. The molecular weight excluding hydrogens is 678 g/mol. The van der Waals surface area contributed by atoms with Crippen molar-refractivity contribution in [2.24, 2.45) is 5.10 Å². The van der Waals surface area contributed by atoms with Crippen LogP contribution in [0.1, 0.15) is 11.1 Å². The summed E-state index contributed by atoms with van der Waals surface area (Å²) >= 11 is 10.6. The van der Waals surface area contributed by atoms with E-state index in [-0.39, 0.29) is 5.56 Å². The number of para-hydroxylation sites is 1. The van der Waals surface area contributed by atoms with Crippen molar-refractivity contribution in [1.82, 2.24) is 9.66 Å². The molecule has 9 heteroatoms. The van der Waals surface area contributed by atoms with Crippen molar-refractivity contribution in [3.05, 3.63) is 120 Å². The molecule has 1 heterocycles. The van der Waals surface area contributed by atoms with Crippen LogP contribution < -0.4 is 15.0 Å². The van der Waals surface area contributed by atoms with Gasteiger partial charge in [0.1, 0.15) is 6.61 Å². The van der Waals surface area contributed by atoms with Crippen LogP contribution in [0.25, 0.3) is 22.3 Å². The number of fused-ring (bicyclic) bond motifs is 1. The molecule has 6 nitrogen and oxygen atoms in total. The molecule has 0 spiro atoms. The van der Waals surface area contributed by atoms with E-state index in [2.05, 4.69) is 52.9 Å². The Morgan fingerprint density at radius 2 is 1.68 bits per heavy atom. The van der Waals surface area contributed by atoms with Gasteiger partial charge in [-0.05, 0) is 36.4 Å². The fourth-order valence-corrected chi connectivity index (χ4v) is 5.52. The molecule has 0 saturated carbocycles. The zero-order valence-electron chi connectivity index (χ0n) is 20.1. The topological polar surface area (TPSA) is 65.7 Å². The fraction of sp³-hybridized carbons (Fsp3) is 0.0690. The molecule has 0 aliphatic rings. The first-order valence-electron chi connectivity index (χ1n) is 11.5. The second-order valence-corrected chi connectivity index (χ2v) is 10.9. The Balaban J connectivity index is 1.61. The van der Waals surface area contributed by atoms with Crippen molar-refractivity contribution in [2.45, 2.75) is 6.61 Å². The van der Waals surface area contributed by atoms with Gasteiger partial charge >= 0.3 is 0 Å². The van der Waals surface area contributed by atoms with E-state index < -0.39 is 0 Å². The van der Waals surface area contributed by atoms with Crippen molar-refractivity contribution in [1.29, 1.82) is 0 Å². The van der Waals surface area contributed by atoms with Crippen molar-refractivity contribution >= 4 is 64.9 Å². The maximum atomic E-state index is 13.5. The monoisotopic (exact) mass is 695 g/mol. The van der Waals surface area contributed by atoms with E-state index in [1.807, 2.05) is 78.9 Å². The quantitative estimate of drug-likeness (QED) is 0.163. The van der Waals surface area contributed by atoms with Gasteiger partial charge in [0.25, 0.3) is 5.56 Å². The predicted molar refractivity (Wildman–Crippen MR) is 161 cm³/mol. The summed E-state index contributed by atoms with van der Waals surface area (Å²) in [7, 11) is 1.58.